The molecule has 0 radical (unpaired) electrons. The highest BCUT2D eigenvalue weighted by Gasteiger charge is 2.14. The molecule has 2 aromatic rings. The number of hydrogen-bond acceptors (Lipinski definition) is 3. The zero-order chi connectivity index (χ0) is 19.2. The van der Waals surface area contributed by atoms with E-state index in [1.54, 1.807) is 0 Å². The first-order chi connectivity index (χ1) is 13.8. The topological polar surface area (TPSA) is 68.9 Å². The van der Waals surface area contributed by atoms with Crippen LogP contribution in [-0.2, 0) is 35.5 Å². The van der Waals surface area contributed by atoms with Crippen molar-refractivity contribution in [2.24, 2.45) is 10.7 Å². The van der Waals surface area contributed by atoms with Gasteiger partial charge in [0.15, 0.2) is 5.96 Å². The van der Waals surface area contributed by atoms with Crippen molar-refractivity contribution in [3.8, 4) is 0 Å². The van der Waals surface area contributed by atoms with Crippen molar-refractivity contribution in [2.45, 2.75) is 51.4 Å². The molecule has 0 saturated carbocycles. The molecule has 0 spiro atoms. The molecule has 6 heteroatoms. The largest absolute Gasteiger partial charge is 0.381 e. The minimum Gasteiger partial charge on any atom is -0.381 e. The minimum absolute atomic E-state index is 0. The van der Waals surface area contributed by atoms with E-state index < -0.39 is 0 Å². The van der Waals surface area contributed by atoms with Crippen LogP contribution in [0.3, 0.4) is 0 Å². The van der Waals surface area contributed by atoms with Gasteiger partial charge in [-0.15, -0.1) is 24.0 Å². The maximum Gasteiger partial charge on any atom is 0.193 e. The van der Waals surface area contributed by atoms with Crippen molar-refractivity contribution in [1.29, 1.82) is 0 Å². The van der Waals surface area contributed by atoms with Crippen molar-refractivity contribution in [2.75, 3.05) is 18.5 Å². The quantitative estimate of drug-likeness (QED) is 0.345. The number of guanidine groups is 1. The number of nitrogens with zero attached hydrogens (tertiary/aromatic N) is 1. The van der Waals surface area contributed by atoms with Gasteiger partial charge in [-0.25, -0.2) is 4.99 Å². The standard InChI is InChI=1S/C23H29N3O2.HI/c24-23(26-21-9-8-19-2-1-3-20(19)14-21)25-15-17-4-6-18(7-5-17)16-28-22-10-12-27-13-11-22;/h4-9,14,22H,1-3,10-13,15-16H2,(H3,24,25,26);1H. The van der Waals surface area contributed by atoms with Gasteiger partial charge in [0.2, 0.25) is 0 Å². The highest BCUT2D eigenvalue weighted by molar-refractivity contribution is 14.0. The van der Waals surface area contributed by atoms with Crippen LogP contribution >= 0.6 is 24.0 Å². The van der Waals surface area contributed by atoms with Crippen molar-refractivity contribution < 1.29 is 9.47 Å². The Hall–Kier alpha value is -1.64. The average molecular weight is 507 g/mol. The number of ether oxygens (including phenoxy) is 2. The van der Waals surface area contributed by atoms with Crippen LogP contribution in [0.1, 0.15) is 41.5 Å². The number of rotatable bonds is 6. The van der Waals surface area contributed by atoms with Gasteiger partial charge in [0.1, 0.15) is 0 Å². The molecule has 0 bridgehead atoms. The second-order valence-electron chi connectivity index (χ2n) is 7.60. The van der Waals surface area contributed by atoms with Gasteiger partial charge in [-0.05, 0) is 66.5 Å². The summed E-state index contributed by atoms with van der Waals surface area (Å²) in [5.41, 5.74) is 12.3. The van der Waals surface area contributed by atoms with E-state index in [0.29, 0.717) is 25.2 Å². The SMILES string of the molecule is I.NC(=NCc1ccc(COC2CCOCC2)cc1)Nc1ccc2c(c1)CCC2. The third-order valence-electron chi connectivity index (χ3n) is 5.48. The van der Waals surface area contributed by atoms with Gasteiger partial charge in [-0.2, -0.15) is 0 Å². The summed E-state index contributed by atoms with van der Waals surface area (Å²) in [4.78, 5) is 4.47. The summed E-state index contributed by atoms with van der Waals surface area (Å²) < 4.78 is 11.3. The summed E-state index contributed by atoms with van der Waals surface area (Å²) in [7, 11) is 0. The number of nitrogens with two attached hydrogens (primary N) is 1. The first-order valence-electron chi connectivity index (χ1n) is 10.2. The van der Waals surface area contributed by atoms with Gasteiger partial charge in [0.05, 0.1) is 19.3 Å². The third kappa shape index (κ3) is 6.42. The number of anilines is 1. The van der Waals surface area contributed by atoms with Gasteiger partial charge in [0, 0.05) is 18.9 Å². The number of aryl methyl sites for hydroxylation is 2. The van der Waals surface area contributed by atoms with Crippen LogP contribution in [0.4, 0.5) is 5.69 Å². The van der Waals surface area contributed by atoms with E-state index in [0.717, 1.165) is 43.7 Å². The van der Waals surface area contributed by atoms with Gasteiger partial charge in [0.25, 0.3) is 0 Å². The lowest BCUT2D eigenvalue weighted by molar-refractivity contribution is -0.0390. The molecule has 0 amide bonds. The van der Waals surface area contributed by atoms with E-state index in [4.69, 9.17) is 15.2 Å². The highest BCUT2D eigenvalue weighted by Crippen LogP contribution is 2.24. The summed E-state index contributed by atoms with van der Waals surface area (Å²) in [5.74, 6) is 0.449. The van der Waals surface area contributed by atoms with E-state index in [1.165, 1.54) is 29.5 Å². The van der Waals surface area contributed by atoms with Crippen LogP contribution < -0.4 is 11.1 Å². The predicted molar refractivity (Wildman–Crippen MR) is 128 cm³/mol. The van der Waals surface area contributed by atoms with Crippen LogP contribution in [0.2, 0.25) is 0 Å². The molecule has 2 aromatic carbocycles. The molecule has 1 saturated heterocycles. The second-order valence-corrected chi connectivity index (χ2v) is 7.60. The fourth-order valence-corrected chi connectivity index (χ4v) is 3.81. The third-order valence-corrected chi connectivity index (χ3v) is 5.48. The highest BCUT2D eigenvalue weighted by atomic mass is 127. The Bertz CT molecular complexity index is 817. The zero-order valence-electron chi connectivity index (χ0n) is 16.7. The lowest BCUT2D eigenvalue weighted by Crippen LogP contribution is -2.23. The molecule has 1 fully saturated rings. The summed E-state index contributed by atoms with van der Waals surface area (Å²) >= 11 is 0. The molecule has 1 aliphatic carbocycles. The predicted octanol–water partition coefficient (Wildman–Crippen LogP) is 4.42. The maximum atomic E-state index is 6.07. The molecule has 3 N–H and O–H groups in total. The molecule has 0 unspecified atom stereocenters. The van der Waals surface area contributed by atoms with Crippen molar-refractivity contribution >= 4 is 35.6 Å². The van der Waals surface area contributed by atoms with E-state index in [2.05, 4.69) is 52.8 Å². The smallest absolute Gasteiger partial charge is 0.193 e. The van der Waals surface area contributed by atoms with Gasteiger partial charge < -0.3 is 20.5 Å². The zero-order valence-corrected chi connectivity index (χ0v) is 19.1. The first-order valence-corrected chi connectivity index (χ1v) is 10.2. The second kappa shape index (κ2) is 10.9. The van der Waals surface area contributed by atoms with E-state index in [-0.39, 0.29) is 24.0 Å². The molecule has 156 valence electrons. The Kier molecular flexibility index (Phi) is 8.32. The number of fused-ring (bicyclic) bond motifs is 1. The number of benzene rings is 2. The van der Waals surface area contributed by atoms with Crippen LogP contribution in [-0.4, -0.2) is 25.3 Å². The summed E-state index contributed by atoms with van der Waals surface area (Å²) in [6, 6.07) is 14.9. The normalized spacial score (nSPS) is 16.9. The van der Waals surface area contributed by atoms with E-state index in [9.17, 15) is 0 Å². The maximum absolute atomic E-state index is 6.07. The molecule has 1 heterocycles. The van der Waals surface area contributed by atoms with E-state index in [1.807, 2.05) is 0 Å². The lowest BCUT2D eigenvalue weighted by atomic mass is 10.1. The lowest BCUT2D eigenvalue weighted by Gasteiger charge is -2.22. The Morgan fingerprint density at radius 1 is 1.03 bits per heavy atom. The summed E-state index contributed by atoms with van der Waals surface area (Å²) in [6.07, 6.45) is 5.90. The fourth-order valence-electron chi connectivity index (χ4n) is 3.81. The Morgan fingerprint density at radius 3 is 2.55 bits per heavy atom. The van der Waals surface area contributed by atoms with Gasteiger partial charge in [-0.3, -0.25) is 0 Å². The van der Waals surface area contributed by atoms with Gasteiger partial charge in [-0.1, -0.05) is 30.3 Å². The monoisotopic (exact) mass is 507 g/mol. The molecular formula is C23H30IN3O2. The fraction of sp³-hybridized carbons (Fsp3) is 0.435. The first kappa shape index (κ1) is 22.1. The molecule has 0 atom stereocenters. The summed E-state index contributed by atoms with van der Waals surface area (Å²) in [5, 5.41) is 3.21. The van der Waals surface area contributed by atoms with Crippen molar-refractivity contribution in [3.63, 3.8) is 0 Å². The van der Waals surface area contributed by atoms with Crippen molar-refractivity contribution in [3.05, 3.63) is 64.7 Å². The Labute approximate surface area is 190 Å². The summed E-state index contributed by atoms with van der Waals surface area (Å²) in [6.45, 7) is 2.83. The van der Waals surface area contributed by atoms with Crippen LogP contribution in [0, 0.1) is 0 Å². The molecule has 0 aromatic heterocycles. The molecular weight excluding hydrogens is 477 g/mol. The van der Waals surface area contributed by atoms with Crippen LogP contribution in [0.5, 0.6) is 0 Å². The van der Waals surface area contributed by atoms with Crippen LogP contribution in [0.25, 0.3) is 0 Å². The number of halogens is 1. The van der Waals surface area contributed by atoms with E-state index >= 15 is 0 Å². The molecule has 2 aliphatic rings. The van der Waals surface area contributed by atoms with Crippen LogP contribution in [0.15, 0.2) is 47.5 Å². The molecule has 4 rings (SSSR count). The Balaban J connectivity index is 0.00000240. The number of aliphatic imine (C=N–C) groups is 1. The molecule has 5 nitrogen and oxygen atoms in total. The molecule has 1 aliphatic heterocycles. The van der Waals surface area contributed by atoms with Gasteiger partial charge >= 0.3 is 0 Å². The Morgan fingerprint density at radius 2 is 1.76 bits per heavy atom. The number of hydrogen-bond donors (Lipinski definition) is 2. The van der Waals surface area contributed by atoms with Crippen molar-refractivity contribution in [1.82, 2.24) is 0 Å². The molecule has 29 heavy (non-hydrogen) atoms. The average Bonchev–Trinajstić information content (AvgIpc) is 3.20. The minimum atomic E-state index is 0. The number of nitrogens with one attached hydrogen (secondary N) is 1.